The molecule has 0 atom stereocenters. The molecule has 0 saturated heterocycles. The highest BCUT2D eigenvalue weighted by Crippen LogP contribution is 2.27. The summed E-state index contributed by atoms with van der Waals surface area (Å²) in [5, 5.41) is 15.4. The summed E-state index contributed by atoms with van der Waals surface area (Å²) in [4.78, 5) is 43.4. The number of ether oxygens (including phenoxy) is 2. The summed E-state index contributed by atoms with van der Waals surface area (Å²) in [5.41, 5.74) is 1.48. The zero-order valence-corrected chi connectivity index (χ0v) is 24.6. The number of anilines is 1. The molecular formula is C32H36N6O5. The van der Waals surface area contributed by atoms with Crippen molar-refractivity contribution < 1.29 is 23.9 Å². The van der Waals surface area contributed by atoms with Crippen molar-refractivity contribution in [3.63, 3.8) is 0 Å². The van der Waals surface area contributed by atoms with E-state index in [0.29, 0.717) is 24.6 Å². The Labute approximate surface area is 250 Å². The van der Waals surface area contributed by atoms with Crippen molar-refractivity contribution in [2.45, 2.75) is 46.6 Å². The highest BCUT2D eigenvalue weighted by molar-refractivity contribution is 6.15. The molecule has 1 aliphatic rings. The van der Waals surface area contributed by atoms with Gasteiger partial charge in [0.15, 0.2) is 12.3 Å². The fourth-order valence-electron chi connectivity index (χ4n) is 4.66. The van der Waals surface area contributed by atoms with E-state index in [4.69, 9.17) is 9.47 Å². The molecule has 0 unspecified atom stereocenters. The number of fused-ring (bicyclic) bond motifs is 1. The molecule has 11 nitrogen and oxygen atoms in total. The fraction of sp³-hybridized carbons (Fsp3) is 0.375. The maximum absolute atomic E-state index is 13.6. The first-order chi connectivity index (χ1) is 20.7. The van der Waals surface area contributed by atoms with Crippen LogP contribution in [-0.4, -0.2) is 57.5 Å². The van der Waals surface area contributed by atoms with Crippen molar-refractivity contribution in [2.24, 2.45) is 11.3 Å². The zero-order chi connectivity index (χ0) is 30.4. The molecule has 4 aromatic rings. The summed E-state index contributed by atoms with van der Waals surface area (Å²) in [6.45, 7) is 6.79. The molecule has 1 aliphatic carbocycles. The van der Waals surface area contributed by atoms with Crippen LogP contribution in [0.4, 0.5) is 5.69 Å². The summed E-state index contributed by atoms with van der Waals surface area (Å²) in [5.74, 6) is -0.859. The van der Waals surface area contributed by atoms with Crippen LogP contribution in [0.15, 0.2) is 60.9 Å². The lowest BCUT2D eigenvalue weighted by atomic mass is 9.85. The second kappa shape index (κ2) is 13.0. The number of carbonyl (C=O) groups excluding carboxylic acids is 3. The van der Waals surface area contributed by atoms with E-state index >= 15 is 0 Å². The van der Waals surface area contributed by atoms with Gasteiger partial charge in [-0.25, -0.2) is 14.5 Å². The quantitative estimate of drug-likeness (QED) is 0.244. The van der Waals surface area contributed by atoms with Crippen molar-refractivity contribution in [1.29, 1.82) is 0 Å². The van der Waals surface area contributed by atoms with Crippen LogP contribution >= 0.6 is 0 Å². The Hall–Kier alpha value is -4.80. The van der Waals surface area contributed by atoms with Gasteiger partial charge in [0.1, 0.15) is 0 Å². The van der Waals surface area contributed by atoms with Gasteiger partial charge < -0.3 is 20.1 Å². The highest BCUT2D eigenvalue weighted by Gasteiger charge is 2.23. The second-order valence-corrected chi connectivity index (χ2v) is 11.9. The molecular weight excluding hydrogens is 548 g/mol. The second-order valence-electron chi connectivity index (χ2n) is 11.9. The number of nitrogens with zero attached hydrogens (tertiary/aromatic N) is 4. The first kappa shape index (κ1) is 29.7. The SMILES string of the molecule is CC(C)(C)COC(=O)COc1ccc(NC(=O)c2ccc(Cn3ccnn3)c3ccccc23)c(C(=O)NCC2CCC2)n1. The molecule has 224 valence electrons. The number of rotatable bonds is 11. The number of pyridine rings is 1. The lowest BCUT2D eigenvalue weighted by Gasteiger charge is -2.25. The molecule has 0 bridgehead atoms. The van der Waals surface area contributed by atoms with Crippen LogP contribution < -0.4 is 15.4 Å². The van der Waals surface area contributed by atoms with Gasteiger partial charge in [0.2, 0.25) is 5.88 Å². The van der Waals surface area contributed by atoms with Gasteiger partial charge in [0.25, 0.3) is 11.8 Å². The predicted molar refractivity (Wildman–Crippen MR) is 161 cm³/mol. The summed E-state index contributed by atoms with van der Waals surface area (Å²) in [6, 6.07) is 14.3. The Morgan fingerprint density at radius 2 is 1.79 bits per heavy atom. The van der Waals surface area contributed by atoms with Gasteiger partial charge in [-0.3, -0.25) is 9.59 Å². The lowest BCUT2D eigenvalue weighted by Crippen LogP contribution is -2.33. The molecule has 43 heavy (non-hydrogen) atoms. The highest BCUT2D eigenvalue weighted by atomic mass is 16.6. The summed E-state index contributed by atoms with van der Waals surface area (Å²) in [6.07, 6.45) is 6.68. The Morgan fingerprint density at radius 3 is 2.49 bits per heavy atom. The Bertz CT molecular complexity index is 1610. The average Bonchev–Trinajstić information content (AvgIpc) is 3.47. The first-order valence-electron chi connectivity index (χ1n) is 14.4. The van der Waals surface area contributed by atoms with E-state index in [-0.39, 0.29) is 35.9 Å². The molecule has 2 N–H and O–H groups in total. The number of hydrogen-bond acceptors (Lipinski definition) is 8. The topological polar surface area (TPSA) is 137 Å². The van der Waals surface area contributed by atoms with Gasteiger partial charge in [-0.15, -0.1) is 5.10 Å². The molecule has 2 aromatic carbocycles. The molecule has 11 heteroatoms. The average molecular weight is 585 g/mol. The van der Waals surface area contributed by atoms with E-state index in [0.717, 1.165) is 35.6 Å². The normalized spacial score (nSPS) is 13.3. The third-order valence-electron chi connectivity index (χ3n) is 7.18. The molecule has 2 amide bonds. The molecule has 0 aliphatic heterocycles. The molecule has 0 spiro atoms. The third kappa shape index (κ3) is 7.73. The summed E-state index contributed by atoms with van der Waals surface area (Å²) < 4.78 is 12.5. The van der Waals surface area contributed by atoms with Gasteiger partial charge in [-0.05, 0) is 52.6 Å². The van der Waals surface area contributed by atoms with Crippen molar-refractivity contribution in [3.05, 3.63) is 77.7 Å². The van der Waals surface area contributed by atoms with Gasteiger partial charge in [0.05, 0.1) is 25.0 Å². The van der Waals surface area contributed by atoms with Crippen LogP contribution in [0.25, 0.3) is 10.8 Å². The van der Waals surface area contributed by atoms with Crippen LogP contribution in [-0.2, 0) is 16.1 Å². The molecule has 2 aromatic heterocycles. The van der Waals surface area contributed by atoms with Gasteiger partial charge >= 0.3 is 5.97 Å². The Morgan fingerprint density at radius 1 is 1.00 bits per heavy atom. The number of esters is 1. The van der Waals surface area contributed by atoms with Crippen molar-refractivity contribution in [3.8, 4) is 5.88 Å². The van der Waals surface area contributed by atoms with E-state index in [2.05, 4.69) is 25.9 Å². The van der Waals surface area contributed by atoms with E-state index in [1.165, 1.54) is 6.07 Å². The van der Waals surface area contributed by atoms with Crippen LogP contribution in [0.5, 0.6) is 5.88 Å². The van der Waals surface area contributed by atoms with Gasteiger partial charge in [-0.2, -0.15) is 0 Å². The molecule has 5 rings (SSSR count). The minimum absolute atomic E-state index is 0.000315. The molecule has 1 fully saturated rings. The number of hydrogen-bond donors (Lipinski definition) is 2. The third-order valence-corrected chi connectivity index (χ3v) is 7.18. The summed E-state index contributed by atoms with van der Waals surface area (Å²) >= 11 is 0. The molecule has 2 heterocycles. The van der Waals surface area contributed by atoms with Crippen LogP contribution in [0.1, 0.15) is 66.4 Å². The molecule has 0 radical (unpaired) electrons. The van der Waals surface area contributed by atoms with Crippen LogP contribution in [0.2, 0.25) is 0 Å². The van der Waals surface area contributed by atoms with Gasteiger partial charge in [0, 0.05) is 24.4 Å². The monoisotopic (exact) mass is 584 g/mol. The van der Waals surface area contributed by atoms with Crippen molar-refractivity contribution in [1.82, 2.24) is 25.3 Å². The molecule has 1 saturated carbocycles. The summed E-state index contributed by atoms with van der Waals surface area (Å²) in [7, 11) is 0. The van der Waals surface area contributed by atoms with Crippen molar-refractivity contribution >= 4 is 34.2 Å². The van der Waals surface area contributed by atoms with E-state index in [1.54, 1.807) is 29.2 Å². The minimum atomic E-state index is -0.538. The predicted octanol–water partition coefficient (Wildman–Crippen LogP) is 4.62. The van der Waals surface area contributed by atoms with E-state index < -0.39 is 17.8 Å². The van der Waals surface area contributed by atoms with Crippen molar-refractivity contribution in [2.75, 3.05) is 25.1 Å². The van der Waals surface area contributed by atoms with E-state index in [1.807, 2.05) is 51.1 Å². The standard InChI is InChI=1S/C32H36N6O5/c1-32(2,3)20-43-28(39)19-42-27-14-13-26(29(36-27)31(41)33-17-21-7-6-8-21)35-30(40)25-12-11-22(18-38-16-15-34-37-38)23-9-4-5-10-24(23)25/h4-5,9-16,21H,6-8,17-20H2,1-3H3,(H,33,41)(H,35,40). The van der Waals surface area contributed by atoms with E-state index in [9.17, 15) is 14.4 Å². The maximum atomic E-state index is 13.6. The zero-order valence-electron chi connectivity index (χ0n) is 24.6. The smallest absolute Gasteiger partial charge is 0.344 e. The minimum Gasteiger partial charge on any atom is -0.466 e. The number of aromatic nitrogens is 4. The Kier molecular flexibility index (Phi) is 8.98. The number of nitrogens with one attached hydrogen (secondary N) is 2. The number of benzene rings is 2. The number of amides is 2. The first-order valence-corrected chi connectivity index (χ1v) is 14.4. The van der Waals surface area contributed by atoms with Crippen LogP contribution in [0.3, 0.4) is 0 Å². The maximum Gasteiger partial charge on any atom is 0.344 e. The van der Waals surface area contributed by atoms with Crippen LogP contribution in [0, 0.1) is 11.3 Å². The largest absolute Gasteiger partial charge is 0.466 e. The number of carbonyl (C=O) groups is 3. The fourth-order valence-corrected chi connectivity index (χ4v) is 4.66. The Balaban J connectivity index is 1.36. The van der Waals surface area contributed by atoms with Gasteiger partial charge in [-0.1, -0.05) is 62.7 Å². The lowest BCUT2D eigenvalue weighted by molar-refractivity contribution is -0.148.